The van der Waals surface area contributed by atoms with E-state index >= 15 is 0 Å². The molecule has 0 spiro atoms. The minimum atomic E-state index is -4.77. The van der Waals surface area contributed by atoms with Crippen LogP contribution in [0.3, 0.4) is 0 Å². The topological polar surface area (TPSA) is 90.3 Å². The van der Waals surface area contributed by atoms with Crippen LogP contribution in [-0.4, -0.2) is 32.7 Å². The number of nitrogens with one attached hydrogen (secondary N) is 1. The van der Waals surface area contributed by atoms with Crippen molar-refractivity contribution in [2.45, 2.75) is 18.6 Å². The van der Waals surface area contributed by atoms with Crippen LogP contribution >= 0.6 is 0 Å². The van der Waals surface area contributed by atoms with E-state index in [1.807, 2.05) is 13.0 Å². The van der Waals surface area contributed by atoms with Crippen molar-refractivity contribution in [1.82, 2.24) is 0 Å². The number of benzene rings is 1. The Balaban J connectivity index is 2.41. The highest BCUT2D eigenvalue weighted by Crippen LogP contribution is 2.32. The normalized spacial score (nSPS) is 18.6. The Morgan fingerprint density at radius 2 is 2.24 bits per heavy atom. The molecule has 21 heavy (non-hydrogen) atoms. The number of nitriles is 1. The molecule has 1 atom stereocenters. The quantitative estimate of drug-likeness (QED) is 0.849. The largest absolute Gasteiger partial charge is 0.384 e. The van der Waals surface area contributed by atoms with Gasteiger partial charge in [0.15, 0.2) is 0 Å². The summed E-state index contributed by atoms with van der Waals surface area (Å²) in [6, 6.07) is 6.68. The van der Waals surface area contributed by atoms with Gasteiger partial charge in [0.05, 0.1) is 23.0 Å². The van der Waals surface area contributed by atoms with E-state index in [2.05, 4.69) is 5.32 Å². The molecule has 1 aliphatic rings. The second-order valence-corrected chi connectivity index (χ2v) is 6.30. The molecule has 112 valence electrons. The van der Waals surface area contributed by atoms with Crippen LogP contribution in [-0.2, 0) is 15.0 Å². The van der Waals surface area contributed by atoms with Crippen molar-refractivity contribution in [3.05, 3.63) is 23.8 Å². The van der Waals surface area contributed by atoms with Gasteiger partial charge >= 0.3 is 10.2 Å². The van der Waals surface area contributed by atoms with Crippen molar-refractivity contribution in [1.29, 1.82) is 5.26 Å². The lowest BCUT2D eigenvalue weighted by molar-refractivity contribution is -0.117. The van der Waals surface area contributed by atoms with Crippen LogP contribution in [0.15, 0.2) is 18.2 Å². The highest BCUT2D eigenvalue weighted by Gasteiger charge is 2.39. The maximum atomic E-state index is 13.1. The van der Waals surface area contributed by atoms with Gasteiger partial charge in [0.25, 0.3) is 0 Å². The SMILES string of the molecule is CCNc1ccc(C#N)cc1N1CC(S(=O)(=O)F)CC1=O. The van der Waals surface area contributed by atoms with E-state index in [0.717, 1.165) is 0 Å². The standard InChI is InChI=1S/C13H14FN3O3S/c1-2-16-11-4-3-9(7-15)5-12(11)17-8-10(6-13(17)18)21(14,19)20/h3-5,10,16H,2,6,8H2,1H3. The van der Waals surface area contributed by atoms with Gasteiger partial charge in [0, 0.05) is 19.5 Å². The lowest BCUT2D eigenvalue weighted by Crippen LogP contribution is -2.27. The third kappa shape index (κ3) is 3.13. The molecule has 8 heteroatoms. The number of nitrogens with zero attached hydrogens (tertiary/aromatic N) is 2. The first-order chi connectivity index (χ1) is 9.86. The molecule has 1 aliphatic heterocycles. The molecule has 0 radical (unpaired) electrons. The average molecular weight is 311 g/mol. The van der Waals surface area contributed by atoms with Gasteiger partial charge in [-0.15, -0.1) is 3.89 Å². The Kier molecular flexibility index (Phi) is 4.14. The van der Waals surface area contributed by atoms with E-state index in [1.54, 1.807) is 12.1 Å². The molecular formula is C13H14FN3O3S. The molecule has 1 aromatic rings. The van der Waals surface area contributed by atoms with Crippen LogP contribution in [0.2, 0.25) is 0 Å². The van der Waals surface area contributed by atoms with Crippen LogP contribution in [0.5, 0.6) is 0 Å². The van der Waals surface area contributed by atoms with Gasteiger partial charge in [-0.3, -0.25) is 4.79 Å². The Hall–Kier alpha value is -2.14. The van der Waals surface area contributed by atoms with Gasteiger partial charge in [0.1, 0.15) is 5.25 Å². The number of amides is 1. The van der Waals surface area contributed by atoms with Crippen molar-refractivity contribution in [2.24, 2.45) is 0 Å². The Labute approximate surface area is 122 Å². The summed E-state index contributed by atoms with van der Waals surface area (Å²) in [7, 11) is -4.77. The number of rotatable bonds is 4. The minimum Gasteiger partial charge on any atom is -0.384 e. The van der Waals surface area contributed by atoms with Crippen LogP contribution in [0.25, 0.3) is 0 Å². The van der Waals surface area contributed by atoms with Gasteiger partial charge in [-0.25, -0.2) is 0 Å². The van der Waals surface area contributed by atoms with Gasteiger partial charge in [0.2, 0.25) is 5.91 Å². The van der Waals surface area contributed by atoms with Gasteiger partial charge in [-0.2, -0.15) is 13.7 Å². The van der Waals surface area contributed by atoms with Crippen molar-refractivity contribution in [3.63, 3.8) is 0 Å². The molecular weight excluding hydrogens is 297 g/mol. The van der Waals surface area contributed by atoms with Crippen molar-refractivity contribution in [3.8, 4) is 6.07 Å². The molecule has 6 nitrogen and oxygen atoms in total. The predicted molar refractivity (Wildman–Crippen MR) is 76.1 cm³/mol. The molecule has 1 unspecified atom stereocenters. The molecule has 1 amide bonds. The van der Waals surface area contributed by atoms with Gasteiger partial charge in [-0.05, 0) is 25.1 Å². The highest BCUT2D eigenvalue weighted by atomic mass is 32.3. The molecule has 1 heterocycles. The first-order valence-corrected chi connectivity index (χ1v) is 7.83. The smallest absolute Gasteiger partial charge is 0.307 e. The molecule has 0 saturated carbocycles. The Morgan fingerprint density at radius 1 is 1.52 bits per heavy atom. The second-order valence-electron chi connectivity index (χ2n) is 4.68. The van der Waals surface area contributed by atoms with Gasteiger partial charge < -0.3 is 10.2 Å². The summed E-state index contributed by atoms with van der Waals surface area (Å²) in [6.45, 7) is 2.21. The number of hydrogen-bond donors (Lipinski definition) is 1. The number of carbonyl (C=O) groups is 1. The number of hydrogen-bond acceptors (Lipinski definition) is 5. The fraction of sp³-hybridized carbons (Fsp3) is 0.385. The Bertz CT molecular complexity index is 712. The lowest BCUT2D eigenvalue weighted by atomic mass is 10.1. The summed E-state index contributed by atoms with van der Waals surface area (Å²) in [6.07, 6.45) is -0.388. The van der Waals surface area contributed by atoms with Crippen molar-refractivity contribution < 1.29 is 17.1 Å². The van der Waals surface area contributed by atoms with E-state index in [0.29, 0.717) is 23.5 Å². The molecule has 1 fully saturated rings. The van der Waals surface area contributed by atoms with E-state index in [9.17, 15) is 17.1 Å². The zero-order chi connectivity index (χ0) is 15.6. The molecule has 1 aromatic carbocycles. The van der Waals surface area contributed by atoms with Crippen molar-refractivity contribution >= 4 is 27.5 Å². The maximum absolute atomic E-state index is 13.1. The van der Waals surface area contributed by atoms with E-state index in [-0.39, 0.29) is 13.0 Å². The van der Waals surface area contributed by atoms with E-state index < -0.39 is 21.4 Å². The third-order valence-corrected chi connectivity index (χ3v) is 4.38. The zero-order valence-electron chi connectivity index (χ0n) is 11.3. The van der Waals surface area contributed by atoms with E-state index in [4.69, 9.17) is 5.26 Å². The summed E-state index contributed by atoms with van der Waals surface area (Å²) >= 11 is 0. The average Bonchev–Trinajstić information content (AvgIpc) is 2.81. The maximum Gasteiger partial charge on any atom is 0.307 e. The van der Waals surface area contributed by atoms with E-state index in [1.165, 1.54) is 11.0 Å². The summed E-state index contributed by atoms with van der Waals surface area (Å²) in [5.74, 6) is -0.476. The molecule has 1 N–H and O–H groups in total. The first kappa shape index (κ1) is 15.3. The van der Waals surface area contributed by atoms with Crippen LogP contribution in [0, 0.1) is 11.3 Å². The predicted octanol–water partition coefficient (Wildman–Crippen LogP) is 1.39. The molecule has 1 saturated heterocycles. The Morgan fingerprint density at radius 3 is 2.76 bits per heavy atom. The number of halogens is 1. The fourth-order valence-electron chi connectivity index (χ4n) is 2.26. The molecule has 0 aromatic heterocycles. The highest BCUT2D eigenvalue weighted by molar-refractivity contribution is 7.87. The number of carbonyl (C=O) groups excluding carboxylic acids is 1. The zero-order valence-corrected chi connectivity index (χ0v) is 12.2. The third-order valence-electron chi connectivity index (χ3n) is 3.27. The summed E-state index contributed by atoms with van der Waals surface area (Å²) < 4.78 is 35.0. The molecule has 2 rings (SSSR count). The monoisotopic (exact) mass is 311 g/mol. The van der Waals surface area contributed by atoms with Crippen LogP contribution < -0.4 is 10.2 Å². The van der Waals surface area contributed by atoms with Crippen molar-refractivity contribution in [2.75, 3.05) is 23.3 Å². The summed E-state index contributed by atoms with van der Waals surface area (Å²) in [5.41, 5.74) is 1.33. The molecule has 0 bridgehead atoms. The first-order valence-electron chi connectivity index (χ1n) is 6.38. The summed E-state index contributed by atoms with van der Waals surface area (Å²) in [4.78, 5) is 13.2. The fourth-order valence-corrected chi connectivity index (χ4v) is 2.93. The number of anilines is 2. The summed E-state index contributed by atoms with van der Waals surface area (Å²) in [5, 5.41) is 10.6. The molecule has 0 aliphatic carbocycles. The van der Waals surface area contributed by atoms with Crippen LogP contribution in [0.4, 0.5) is 15.3 Å². The minimum absolute atomic E-state index is 0.245. The lowest BCUT2D eigenvalue weighted by Gasteiger charge is -2.20. The van der Waals surface area contributed by atoms with Crippen LogP contribution in [0.1, 0.15) is 18.9 Å². The second kappa shape index (κ2) is 5.69. The van der Waals surface area contributed by atoms with Gasteiger partial charge in [-0.1, -0.05) is 0 Å².